The maximum absolute atomic E-state index is 12.8. The van der Waals surface area contributed by atoms with E-state index in [9.17, 15) is 14.0 Å². The Morgan fingerprint density at radius 3 is 2.54 bits per heavy atom. The van der Waals surface area contributed by atoms with E-state index in [-0.39, 0.29) is 29.5 Å². The molecule has 0 aliphatic heterocycles. The molecule has 2 N–H and O–H groups in total. The fourth-order valence-electron chi connectivity index (χ4n) is 3.15. The van der Waals surface area contributed by atoms with E-state index in [1.54, 1.807) is 0 Å². The number of nitrogens with one attached hydrogen (secondary N) is 2. The average molecular weight is 330 g/mol. The first kappa shape index (κ1) is 16.7. The Labute approximate surface area is 141 Å². The predicted octanol–water partition coefficient (Wildman–Crippen LogP) is 3.41. The fourth-order valence-corrected chi connectivity index (χ4v) is 3.15. The lowest BCUT2D eigenvalue weighted by Gasteiger charge is -2.13. The van der Waals surface area contributed by atoms with Gasteiger partial charge >= 0.3 is 0 Å². The molecule has 1 saturated carbocycles. The molecule has 5 heteroatoms. The fraction of sp³-hybridized carbons (Fsp3) is 0.474. The molecule has 0 radical (unpaired) electrons. The van der Waals surface area contributed by atoms with Gasteiger partial charge in [0.15, 0.2) is 0 Å². The Morgan fingerprint density at radius 2 is 1.83 bits per heavy atom. The summed E-state index contributed by atoms with van der Waals surface area (Å²) >= 11 is 0. The van der Waals surface area contributed by atoms with Crippen LogP contribution < -0.4 is 10.6 Å². The quantitative estimate of drug-likeness (QED) is 0.785. The molecule has 1 fully saturated rings. The number of allylic oxidation sites excluding steroid dienone is 1. The van der Waals surface area contributed by atoms with E-state index < -0.39 is 0 Å². The molecule has 0 aromatic heterocycles. The number of rotatable bonds is 6. The molecule has 2 amide bonds. The van der Waals surface area contributed by atoms with Crippen LogP contribution in [-0.2, 0) is 9.59 Å². The van der Waals surface area contributed by atoms with E-state index in [1.807, 2.05) is 0 Å². The topological polar surface area (TPSA) is 58.2 Å². The normalized spacial score (nSPS) is 22.5. The summed E-state index contributed by atoms with van der Waals surface area (Å²) in [6.45, 7) is 0.646. The molecule has 1 aromatic carbocycles. The molecule has 24 heavy (non-hydrogen) atoms. The van der Waals surface area contributed by atoms with Crippen molar-refractivity contribution in [2.75, 3.05) is 11.9 Å². The van der Waals surface area contributed by atoms with Crippen LogP contribution in [0.4, 0.5) is 10.1 Å². The summed E-state index contributed by atoms with van der Waals surface area (Å²) in [6, 6.07) is 5.63. The minimum Gasteiger partial charge on any atom is -0.356 e. The second-order valence-electron chi connectivity index (χ2n) is 6.59. The molecule has 3 rings (SSSR count). The van der Waals surface area contributed by atoms with E-state index >= 15 is 0 Å². The van der Waals surface area contributed by atoms with Gasteiger partial charge < -0.3 is 10.6 Å². The number of carbonyl (C=O) groups excluding carboxylic acids is 2. The molecule has 0 heterocycles. The lowest BCUT2D eigenvalue weighted by atomic mass is 9.97. The van der Waals surface area contributed by atoms with Crippen molar-refractivity contribution in [2.24, 2.45) is 11.8 Å². The van der Waals surface area contributed by atoms with E-state index in [1.165, 1.54) is 42.7 Å². The molecule has 2 aliphatic rings. The van der Waals surface area contributed by atoms with Crippen LogP contribution in [0.2, 0.25) is 0 Å². The number of halogens is 1. The van der Waals surface area contributed by atoms with E-state index in [2.05, 4.69) is 16.7 Å². The van der Waals surface area contributed by atoms with Gasteiger partial charge in [-0.05, 0) is 62.8 Å². The SMILES string of the molecule is O=C(NCCC1=CCCCC1)C1CC1C(=O)Nc1ccc(F)cc1. The molecule has 0 bridgehead atoms. The van der Waals surface area contributed by atoms with E-state index in [4.69, 9.17) is 0 Å². The van der Waals surface area contributed by atoms with Gasteiger partial charge in [0.05, 0.1) is 11.8 Å². The van der Waals surface area contributed by atoms with E-state index in [0.717, 1.165) is 19.3 Å². The second-order valence-corrected chi connectivity index (χ2v) is 6.59. The van der Waals surface area contributed by atoms with Crippen molar-refractivity contribution in [1.82, 2.24) is 5.32 Å². The van der Waals surface area contributed by atoms with Gasteiger partial charge in [-0.25, -0.2) is 4.39 Å². The van der Waals surface area contributed by atoms with Crippen LogP contribution in [0.1, 0.15) is 38.5 Å². The summed E-state index contributed by atoms with van der Waals surface area (Å²) in [7, 11) is 0. The number of anilines is 1. The van der Waals surface area contributed by atoms with Crippen molar-refractivity contribution in [3.05, 3.63) is 41.7 Å². The monoisotopic (exact) mass is 330 g/mol. The summed E-state index contributed by atoms with van der Waals surface area (Å²) in [6.07, 6.45) is 8.58. The highest BCUT2D eigenvalue weighted by atomic mass is 19.1. The average Bonchev–Trinajstić information content (AvgIpc) is 3.39. The predicted molar refractivity (Wildman–Crippen MR) is 90.8 cm³/mol. The van der Waals surface area contributed by atoms with Crippen LogP contribution in [0.25, 0.3) is 0 Å². The Bertz CT molecular complexity index is 639. The Hall–Kier alpha value is -2.17. The molecule has 4 nitrogen and oxygen atoms in total. The number of amides is 2. The zero-order chi connectivity index (χ0) is 16.9. The lowest BCUT2D eigenvalue weighted by Crippen LogP contribution is -2.28. The summed E-state index contributed by atoms with van der Waals surface area (Å²) < 4.78 is 12.8. The van der Waals surface area contributed by atoms with Crippen LogP contribution in [0.15, 0.2) is 35.9 Å². The van der Waals surface area contributed by atoms with Crippen molar-refractivity contribution in [1.29, 1.82) is 0 Å². The van der Waals surface area contributed by atoms with Crippen LogP contribution in [0.5, 0.6) is 0 Å². The maximum Gasteiger partial charge on any atom is 0.228 e. The summed E-state index contributed by atoms with van der Waals surface area (Å²) in [4.78, 5) is 24.2. The molecule has 2 atom stereocenters. The standard InChI is InChI=1S/C19H23FN2O2/c20-14-6-8-15(9-7-14)22-19(24)17-12-16(17)18(23)21-11-10-13-4-2-1-3-5-13/h4,6-9,16-17H,1-3,5,10-12H2,(H,21,23)(H,22,24). The van der Waals surface area contributed by atoms with Crippen LogP contribution in [0.3, 0.4) is 0 Å². The Balaban J connectivity index is 1.39. The molecule has 128 valence electrons. The highest BCUT2D eigenvalue weighted by molar-refractivity contribution is 5.99. The first-order valence-electron chi connectivity index (χ1n) is 8.65. The van der Waals surface area contributed by atoms with Gasteiger partial charge in [0.2, 0.25) is 11.8 Å². The smallest absolute Gasteiger partial charge is 0.228 e. The lowest BCUT2D eigenvalue weighted by molar-refractivity contribution is -0.125. The second kappa shape index (κ2) is 7.60. The number of benzene rings is 1. The number of carbonyl (C=O) groups is 2. The van der Waals surface area contributed by atoms with Gasteiger partial charge in [0.25, 0.3) is 0 Å². The third-order valence-electron chi connectivity index (χ3n) is 4.71. The van der Waals surface area contributed by atoms with E-state index in [0.29, 0.717) is 18.7 Å². The zero-order valence-corrected chi connectivity index (χ0v) is 13.7. The minimum atomic E-state index is -0.343. The summed E-state index contributed by atoms with van der Waals surface area (Å²) in [5.41, 5.74) is 1.99. The first-order chi connectivity index (χ1) is 11.6. The number of hydrogen-bond donors (Lipinski definition) is 2. The summed E-state index contributed by atoms with van der Waals surface area (Å²) in [5, 5.41) is 5.67. The van der Waals surface area contributed by atoms with Crippen LogP contribution >= 0.6 is 0 Å². The maximum atomic E-state index is 12.8. The first-order valence-corrected chi connectivity index (χ1v) is 8.65. The molecule has 2 unspecified atom stereocenters. The van der Waals surface area contributed by atoms with Gasteiger partial charge in [-0.1, -0.05) is 11.6 Å². The molecule has 2 aliphatic carbocycles. The van der Waals surface area contributed by atoms with Gasteiger partial charge in [0, 0.05) is 12.2 Å². The Kier molecular flexibility index (Phi) is 5.28. The van der Waals surface area contributed by atoms with Crippen molar-refractivity contribution in [3.63, 3.8) is 0 Å². The minimum absolute atomic E-state index is 0.0364. The van der Waals surface area contributed by atoms with Gasteiger partial charge in [0.1, 0.15) is 5.82 Å². The highest BCUT2D eigenvalue weighted by Gasteiger charge is 2.47. The Morgan fingerprint density at radius 1 is 1.08 bits per heavy atom. The third-order valence-corrected chi connectivity index (χ3v) is 4.71. The number of hydrogen-bond acceptors (Lipinski definition) is 2. The van der Waals surface area contributed by atoms with Crippen LogP contribution in [0, 0.1) is 17.7 Å². The van der Waals surface area contributed by atoms with Gasteiger partial charge in [-0.15, -0.1) is 0 Å². The largest absolute Gasteiger partial charge is 0.356 e. The van der Waals surface area contributed by atoms with Crippen molar-refractivity contribution < 1.29 is 14.0 Å². The zero-order valence-electron chi connectivity index (χ0n) is 13.7. The molecular formula is C19H23FN2O2. The molecule has 1 aromatic rings. The van der Waals surface area contributed by atoms with Gasteiger partial charge in [-0.2, -0.15) is 0 Å². The van der Waals surface area contributed by atoms with Crippen molar-refractivity contribution >= 4 is 17.5 Å². The van der Waals surface area contributed by atoms with Crippen molar-refractivity contribution in [2.45, 2.75) is 38.5 Å². The molecular weight excluding hydrogens is 307 g/mol. The molecule has 0 saturated heterocycles. The van der Waals surface area contributed by atoms with Crippen molar-refractivity contribution in [3.8, 4) is 0 Å². The summed E-state index contributed by atoms with van der Waals surface area (Å²) in [5.74, 6) is -1.05. The van der Waals surface area contributed by atoms with Gasteiger partial charge in [-0.3, -0.25) is 9.59 Å². The highest BCUT2D eigenvalue weighted by Crippen LogP contribution is 2.39. The molecule has 0 spiro atoms. The van der Waals surface area contributed by atoms with Crippen LogP contribution in [-0.4, -0.2) is 18.4 Å². The third kappa shape index (κ3) is 4.43.